The minimum Gasteiger partial charge on any atom is -0.495 e. The summed E-state index contributed by atoms with van der Waals surface area (Å²) < 4.78 is 16.2. The van der Waals surface area contributed by atoms with Gasteiger partial charge >= 0.3 is 0 Å². The topological polar surface area (TPSA) is 44.8 Å². The van der Waals surface area contributed by atoms with Gasteiger partial charge in [0, 0.05) is 0 Å². The maximum Gasteiger partial charge on any atom is 0.172 e. The zero-order valence-corrected chi connectivity index (χ0v) is 13.7. The van der Waals surface area contributed by atoms with Crippen molar-refractivity contribution >= 4 is 17.4 Å². The predicted molar refractivity (Wildman–Crippen MR) is 81.5 cm³/mol. The van der Waals surface area contributed by atoms with E-state index in [4.69, 9.17) is 25.8 Å². The first-order valence-electron chi connectivity index (χ1n) is 7.02. The average Bonchev–Trinajstić information content (AvgIpc) is 2.71. The van der Waals surface area contributed by atoms with Crippen molar-refractivity contribution in [3.8, 4) is 11.5 Å². The van der Waals surface area contributed by atoms with E-state index in [1.54, 1.807) is 12.1 Å². The highest BCUT2D eigenvalue weighted by Gasteiger charge is 2.42. The molecule has 0 radical (unpaired) electrons. The van der Waals surface area contributed by atoms with Gasteiger partial charge in [0.15, 0.2) is 11.5 Å². The number of hydrogen-bond donors (Lipinski definition) is 0. The van der Waals surface area contributed by atoms with Gasteiger partial charge in [-0.05, 0) is 31.9 Å². The average molecular weight is 313 g/mol. The number of halogens is 1. The van der Waals surface area contributed by atoms with Crippen molar-refractivity contribution in [2.45, 2.75) is 33.0 Å². The molecular weight excluding hydrogens is 292 g/mol. The van der Waals surface area contributed by atoms with Crippen molar-refractivity contribution in [2.24, 2.45) is 11.8 Å². The molecule has 0 saturated carbocycles. The summed E-state index contributed by atoms with van der Waals surface area (Å²) in [7, 11) is 3.02. The lowest BCUT2D eigenvalue weighted by molar-refractivity contribution is 0.0490. The summed E-state index contributed by atoms with van der Waals surface area (Å²) in [5, 5.41) is 0.318. The maximum atomic E-state index is 12.9. The molecule has 116 valence electrons. The quantitative estimate of drug-likeness (QED) is 0.797. The predicted octanol–water partition coefficient (Wildman–Crippen LogP) is 3.60. The van der Waals surface area contributed by atoms with Crippen LogP contribution < -0.4 is 9.47 Å². The van der Waals surface area contributed by atoms with E-state index >= 15 is 0 Å². The first-order chi connectivity index (χ1) is 9.92. The van der Waals surface area contributed by atoms with E-state index in [0.717, 1.165) is 0 Å². The van der Waals surface area contributed by atoms with Gasteiger partial charge in [-0.1, -0.05) is 18.5 Å². The molecule has 0 bridgehead atoms. The fourth-order valence-electron chi connectivity index (χ4n) is 2.99. The maximum absolute atomic E-state index is 12.9. The lowest BCUT2D eigenvalue weighted by Gasteiger charge is -2.19. The van der Waals surface area contributed by atoms with Crippen LogP contribution in [0.25, 0.3) is 0 Å². The highest BCUT2D eigenvalue weighted by molar-refractivity contribution is 6.34. The third kappa shape index (κ3) is 2.74. The standard InChI is InChI=1S/C16H21ClO4/c1-8-9(2)21-10(3)13(8)15(18)11-6-7-12(19-4)14(17)16(11)20-5/h6-10,13H,1-5H3. The molecule has 1 aromatic carbocycles. The Labute approximate surface area is 130 Å². The van der Waals surface area contributed by atoms with E-state index in [0.29, 0.717) is 22.1 Å². The zero-order chi connectivity index (χ0) is 15.7. The SMILES string of the molecule is COc1ccc(C(=O)C2C(C)OC(C)C2C)c(OC)c1Cl. The number of carbonyl (C=O) groups is 1. The minimum absolute atomic E-state index is 0.000697. The Kier molecular flexibility index (Phi) is 4.79. The zero-order valence-electron chi connectivity index (χ0n) is 13.0. The van der Waals surface area contributed by atoms with Crippen LogP contribution in [0.2, 0.25) is 5.02 Å². The van der Waals surface area contributed by atoms with Gasteiger partial charge in [-0.15, -0.1) is 0 Å². The van der Waals surface area contributed by atoms with E-state index < -0.39 is 0 Å². The number of ketones is 1. The second kappa shape index (κ2) is 6.24. The Morgan fingerprint density at radius 2 is 1.81 bits per heavy atom. The summed E-state index contributed by atoms with van der Waals surface area (Å²) in [4.78, 5) is 12.9. The molecule has 1 heterocycles. The normalized spacial score (nSPS) is 28.5. The van der Waals surface area contributed by atoms with Crippen LogP contribution in [-0.2, 0) is 4.74 Å². The number of ether oxygens (including phenoxy) is 3. The molecule has 4 unspecified atom stereocenters. The second-order valence-corrected chi connectivity index (χ2v) is 5.84. The fourth-order valence-corrected chi connectivity index (χ4v) is 3.31. The molecule has 1 saturated heterocycles. The Balaban J connectivity index is 2.42. The second-order valence-electron chi connectivity index (χ2n) is 5.46. The van der Waals surface area contributed by atoms with Crippen LogP contribution in [0.5, 0.6) is 11.5 Å². The van der Waals surface area contributed by atoms with Crippen LogP contribution in [0, 0.1) is 11.8 Å². The van der Waals surface area contributed by atoms with Crippen LogP contribution in [0.1, 0.15) is 31.1 Å². The molecule has 0 N–H and O–H groups in total. The molecule has 0 aliphatic carbocycles. The number of Topliss-reactive ketones (excluding diaryl/α,β-unsaturated/α-hetero) is 1. The summed E-state index contributed by atoms with van der Waals surface area (Å²) in [6, 6.07) is 3.39. The Morgan fingerprint density at radius 1 is 1.14 bits per heavy atom. The lowest BCUT2D eigenvalue weighted by Crippen LogP contribution is -2.27. The van der Waals surface area contributed by atoms with Crippen LogP contribution in [0.3, 0.4) is 0 Å². The van der Waals surface area contributed by atoms with Crippen molar-refractivity contribution in [3.63, 3.8) is 0 Å². The summed E-state index contributed by atoms with van der Waals surface area (Å²) in [5.41, 5.74) is 0.477. The molecule has 5 heteroatoms. The van der Waals surface area contributed by atoms with E-state index in [1.807, 2.05) is 20.8 Å². The highest BCUT2D eigenvalue weighted by Crippen LogP contribution is 2.41. The van der Waals surface area contributed by atoms with E-state index in [2.05, 4.69) is 0 Å². The first-order valence-corrected chi connectivity index (χ1v) is 7.40. The summed E-state index contributed by atoms with van der Waals surface area (Å²) in [5.74, 6) is 0.805. The molecule has 4 nitrogen and oxygen atoms in total. The highest BCUT2D eigenvalue weighted by atomic mass is 35.5. The third-order valence-corrected chi connectivity index (χ3v) is 4.65. The number of carbonyl (C=O) groups excluding carboxylic acids is 1. The Hall–Kier alpha value is -1.26. The fraction of sp³-hybridized carbons (Fsp3) is 0.562. The number of methoxy groups -OCH3 is 2. The van der Waals surface area contributed by atoms with Gasteiger partial charge in [-0.3, -0.25) is 4.79 Å². The molecule has 21 heavy (non-hydrogen) atoms. The first kappa shape index (κ1) is 16.1. The van der Waals surface area contributed by atoms with Gasteiger partial charge in [0.05, 0.1) is 37.9 Å². The van der Waals surface area contributed by atoms with E-state index in [9.17, 15) is 4.79 Å². The minimum atomic E-state index is -0.196. The van der Waals surface area contributed by atoms with Crippen molar-refractivity contribution < 1.29 is 19.0 Å². The van der Waals surface area contributed by atoms with Crippen LogP contribution in [-0.4, -0.2) is 32.2 Å². The van der Waals surface area contributed by atoms with Gasteiger partial charge in [0.2, 0.25) is 0 Å². The number of hydrogen-bond acceptors (Lipinski definition) is 4. The van der Waals surface area contributed by atoms with E-state index in [-0.39, 0.29) is 29.8 Å². The van der Waals surface area contributed by atoms with Crippen molar-refractivity contribution in [2.75, 3.05) is 14.2 Å². The molecule has 1 aromatic rings. The van der Waals surface area contributed by atoms with Gasteiger partial charge < -0.3 is 14.2 Å². The van der Waals surface area contributed by atoms with Crippen molar-refractivity contribution in [3.05, 3.63) is 22.7 Å². The summed E-state index contributed by atoms with van der Waals surface area (Å²) in [6.45, 7) is 5.96. The van der Waals surface area contributed by atoms with Crippen molar-refractivity contribution in [1.29, 1.82) is 0 Å². The summed E-state index contributed by atoms with van der Waals surface area (Å²) in [6.07, 6.45) is -0.0539. The number of benzene rings is 1. The van der Waals surface area contributed by atoms with E-state index in [1.165, 1.54) is 14.2 Å². The molecule has 0 amide bonds. The Morgan fingerprint density at radius 3 is 2.29 bits per heavy atom. The van der Waals surface area contributed by atoms with Gasteiger partial charge in [-0.25, -0.2) is 0 Å². The molecule has 1 aliphatic heterocycles. The molecule has 0 aromatic heterocycles. The summed E-state index contributed by atoms with van der Waals surface area (Å²) >= 11 is 6.23. The monoisotopic (exact) mass is 312 g/mol. The molecule has 4 atom stereocenters. The molecule has 0 spiro atoms. The molecular formula is C16H21ClO4. The van der Waals surface area contributed by atoms with Gasteiger partial charge in [-0.2, -0.15) is 0 Å². The van der Waals surface area contributed by atoms with Crippen LogP contribution in [0.15, 0.2) is 12.1 Å². The lowest BCUT2D eigenvalue weighted by atomic mass is 9.83. The number of rotatable bonds is 4. The van der Waals surface area contributed by atoms with Crippen molar-refractivity contribution in [1.82, 2.24) is 0 Å². The Bertz CT molecular complexity index is 543. The van der Waals surface area contributed by atoms with Crippen LogP contribution in [0.4, 0.5) is 0 Å². The third-order valence-electron chi connectivity index (χ3n) is 4.30. The largest absolute Gasteiger partial charge is 0.495 e. The smallest absolute Gasteiger partial charge is 0.172 e. The van der Waals surface area contributed by atoms with Crippen LogP contribution >= 0.6 is 11.6 Å². The van der Waals surface area contributed by atoms with Gasteiger partial charge in [0.1, 0.15) is 10.8 Å². The molecule has 1 aliphatic rings. The van der Waals surface area contributed by atoms with Gasteiger partial charge in [0.25, 0.3) is 0 Å². The molecule has 1 fully saturated rings. The molecule has 2 rings (SSSR count).